The first kappa shape index (κ1) is 56.9. The van der Waals surface area contributed by atoms with Gasteiger partial charge in [0, 0.05) is 12.8 Å². The first-order valence-electron chi connectivity index (χ1n) is 23.3. The van der Waals surface area contributed by atoms with E-state index in [4.69, 9.17) is 18.9 Å². The van der Waals surface area contributed by atoms with Crippen molar-refractivity contribution in [2.24, 2.45) is 0 Å². The zero-order valence-corrected chi connectivity index (χ0v) is 38.3. The van der Waals surface area contributed by atoms with Crippen LogP contribution in [0.15, 0.2) is 134 Å². The van der Waals surface area contributed by atoms with Crippen LogP contribution in [-0.2, 0) is 28.5 Å². The fraction of sp³-hybridized carbons (Fsp3) is 0.547. The van der Waals surface area contributed by atoms with Gasteiger partial charge in [-0.25, -0.2) is 0 Å². The summed E-state index contributed by atoms with van der Waals surface area (Å²) in [5.41, 5.74) is 0. The van der Waals surface area contributed by atoms with Crippen molar-refractivity contribution in [1.82, 2.24) is 0 Å². The summed E-state index contributed by atoms with van der Waals surface area (Å²) in [7, 11) is 0. The van der Waals surface area contributed by atoms with Gasteiger partial charge in [-0.15, -0.1) is 0 Å². The van der Waals surface area contributed by atoms with Gasteiger partial charge in [-0.05, 0) is 96.3 Å². The van der Waals surface area contributed by atoms with Gasteiger partial charge >= 0.3 is 11.9 Å². The molecule has 1 fully saturated rings. The Kier molecular flexibility index (Phi) is 37.7. The molecule has 6 atom stereocenters. The second-order valence-corrected chi connectivity index (χ2v) is 15.1. The van der Waals surface area contributed by atoms with Crippen molar-refractivity contribution in [3.05, 3.63) is 134 Å². The Hall–Kier alpha value is -4.16. The van der Waals surface area contributed by atoms with Crippen LogP contribution in [0, 0.1) is 0 Å². The number of aliphatic hydroxyl groups is 4. The topological polar surface area (TPSA) is 152 Å². The molecule has 0 amide bonds. The van der Waals surface area contributed by atoms with Gasteiger partial charge < -0.3 is 39.4 Å². The summed E-state index contributed by atoms with van der Waals surface area (Å²) in [6, 6.07) is 0. The molecule has 352 valence electrons. The summed E-state index contributed by atoms with van der Waals surface area (Å²) in [5, 5.41) is 40.1. The lowest BCUT2D eigenvalue weighted by molar-refractivity contribution is -0.305. The van der Waals surface area contributed by atoms with Crippen LogP contribution in [-0.4, -0.2) is 89.0 Å². The molecule has 0 aromatic heterocycles. The maximum Gasteiger partial charge on any atom is 0.306 e. The lowest BCUT2D eigenvalue weighted by Gasteiger charge is -2.39. The number of esters is 2. The molecule has 1 aliphatic heterocycles. The third-order valence-electron chi connectivity index (χ3n) is 9.54. The van der Waals surface area contributed by atoms with E-state index < -0.39 is 55.4 Å². The van der Waals surface area contributed by atoms with E-state index in [0.29, 0.717) is 12.8 Å². The van der Waals surface area contributed by atoms with Crippen LogP contribution in [0.2, 0.25) is 0 Å². The molecule has 0 aromatic rings. The molecule has 1 aliphatic rings. The van der Waals surface area contributed by atoms with Gasteiger partial charge in [-0.1, -0.05) is 154 Å². The Morgan fingerprint density at radius 2 is 0.921 bits per heavy atom. The predicted molar refractivity (Wildman–Crippen MR) is 256 cm³/mol. The number of ether oxygens (including phenoxy) is 4. The summed E-state index contributed by atoms with van der Waals surface area (Å²) in [6.07, 6.45) is 53.2. The van der Waals surface area contributed by atoms with E-state index in [9.17, 15) is 30.0 Å². The van der Waals surface area contributed by atoms with Crippen LogP contribution < -0.4 is 0 Å². The van der Waals surface area contributed by atoms with E-state index in [1.54, 1.807) is 0 Å². The summed E-state index contributed by atoms with van der Waals surface area (Å²) in [4.78, 5) is 25.3. The van der Waals surface area contributed by atoms with Crippen LogP contribution in [0.4, 0.5) is 0 Å². The molecule has 0 aromatic carbocycles. The minimum Gasteiger partial charge on any atom is -0.462 e. The Balaban J connectivity index is 2.42. The van der Waals surface area contributed by atoms with Gasteiger partial charge in [-0.2, -0.15) is 0 Å². The number of carbonyl (C=O) groups is 2. The molecule has 0 bridgehead atoms. The molecule has 0 spiro atoms. The van der Waals surface area contributed by atoms with E-state index in [2.05, 4.69) is 135 Å². The van der Waals surface area contributed by atoms with E-state index in [-0.39, 0.29) is 26.1 Å². The third kappa shape index (κ3) is 33.1. The van der Waals surface area contributed by atoms with Crippen LogP contribution in [0.5, 0.6) is 0 Å². The first-order chi connectivity index (χ1) is 30.8. The van der Waals surface area contributed by atoms with Crippen LogP contribution >= 0.6 is 0 Å². The smallest absolute Gasteiger partial charge is 0.306 e. The Morgan fingerprint density at radius 1 is 0.492 bits per heavy atom. The van der Waals surface area contributed by atoms with Crippen LogP contribution in [0.3, 0.4) is 0 Å². The van der Waals surface area contributed by atoms with Gasteiger partial charge in [-0.3, -0.25) is 9.59 Å². The molecule has 1 heterocycles. The van der Waals surface area contributed by atoms with E-state index in [1.165, 1.54) is 0 Å². The molecule has 0 saturated carbocycles. The highest BCUT2D eigenvalue weighted by Crippen LogP contribution is 2.22. The first-order valence-corrected chi connectivity index (χ1v) is 23.3. The monoisotopic (exact) mass is 877 g/mol. The van der Waals surface area contributed by atoms with Gasteiger partial charge in [0.25, 0.3) is 0 Å². The quantitative estimate of drug-likeness (QED) is 0.0272. The highest BCUT2D eigenvalue weighted by Gasteiger charge is 2.44. The lowest BCUT2D eigenvalue weighted by Crippen LogP contribution is -2.59. The number of unbranched alkanes of at least 4 members (excludes halogenated alkanes) is 3. The van der Waals surface area contributed by atoms with Crippen molar-refractivity contribution in [3.63, 3.8) is 0 Å². The van der Waals surface area contributed by atoms with Crippen molar-refractivity contribution < 1.29 is 49.0 Å². The van der Waals surface area contributed by atoms with Crippen molar-refractivity contribution >= 4 is 11.9 Å². The Bertz CT molecular complexity index is 1480. The number of allylic oxidation sites excluding steroid dienone is 22. The predicted octanol–water partition coefficient (Wildman–Crippen LogP) is 10.4. The molecule has 1 rings (SSSR count). The molecule has 6 unspecified atom stereocenters. The second kappa shape index (κ2) is 41.8. The standard InChI is InChI=1S/C53H80O10/c1-3-5-7-9-11-13-15-17-19-21-23-25-27-29-31-33-35-37-39-41-48(55)60-44-46(45-61-53-52(59)51(58)50(57)47(43-54)63-53)62-49(56)42-40-38-36-34-32-30-28-26-24-22-20-18-16-14-12-10-8-6-4-2/h5-8,11-14,17-20,23-26,29-32,36,38,46-47,50-54,57-59H,3-4,9-10,15-16,21-22,27-28,33-35,37,39-45H2,1-2H3/b7-5-,8-6-,13-11-,14-12-,19-17-,20-18-,25-23-,26-24-,31-29-,32-30-,38-36-. The molecule has 1 saturated heterocycles. The number of aliphatic hydroxyl groups excluding tert-OH is 4. The maximum atomic E-state index is 12.8. The fourth-order valence-electron chi connectivity index (χ4n) is 5.94. The summed E-state index contributed by atoms with van der Waals surface area (Å²) in [5.74, 6) is -0.959. The third-order valence-corrected chi connectivity index (χ3v) is 9.54. The van der Waals surface area contributed by atoms with E-state index in [1.807, 2.05) is 12.2 Å². The summed E-state index contributed by atoms with van der Waals surface area (Å²) >= 11 is 0. The number of carbonyl (C=O) groups excluding carboxylic acids is 2. The molecule has 10 nitrogen and oxygen atoms in total. The summed E-state index contributed by atoms with van der Waals surface area (Å²) < 4.78 is 22.1. The highest BCUT2D eigenvalue weighted by molar-refractivity contribution is 5.70. The zero-order chi connectivity index (χ0) is 45.9. The summed E-state index contributed by atoms with van der Waals surface area (Å²) in [6.45, 7) is 3.06. The molecular formula is C53H80O10. The van der Waals surface area contributed by atoms with Crippen molar-refractivity contribution in [2.75, 3.05) is 19.8 Å². The van der Waals surface area contributed by atoms with Crippen LogP contribution in [0.1, 0.15) is 129 Å². The zero-order valence-electron chi connectivity index (χ0n) is 38.3. The maximum absolute atomic E-state index is 12.8. The fourth-order valence-corrected chi connectivity index (χ4v) is 5.94. The van der Waals surface area contributed by atoms with Crippen molar-refractivity contribution in [3.8, 4) is 0 Å². The van der Waals surface area contributed by atoms with E-state index >= 15 is 0 Å². The van der Waals surface area contributed by atoms with Crippen LogP contribution in [0.25, 0.3) is 0 Å². The SMILES string of the molecule is CC/C=C\C/C=C\C/C=C\C/C=C\C/C=C\C/C=C\CCC(=O)OC(COC(=O)CCCCC/C=C\C/C=C\C/C=C\C/C=C\C/C=C\CC)COC1OC(CO)C(O)C(O)C1O. The second-order valence-electron chi connectivity index (χ2n) is 15.1. The Labute approximate surface area is 379 Å². The number of hydrogen-bond donors (Lipinski definition) is 4. The van der Waals surface area contributed by atoms with Crippen molar-refractivity contribution in [1.29, 1.82) is 0 Å². The van der Waals surface area contributed by atoms with Gasteiger partial charge in [0.2, 0.25) is 0 Å². The van der Waals surface area contributed by atoms with Gasteiger partial charge in [0.05, 0.1) is 13.2 Å². The van der Waals surface area contributed by atoms with Crippen molar-refractivity contribution in [2.45, 2.75) is 166 Å². The average molecular weight is 877 g/mol. The highest BCUT2D eigenvalue weighted by atomic mass is 16.7. The molecule has 63 heavy (non-hydrogen) atoms. The van der Waals surface area contributed by atoms with Gasteiger partial charge in [0.15, 0.2) is 12.4 Å². The average Bonchev–Trinajstić information content (AvgIpc) is 3.28. The van der Waals surface area contributed by atoms with Gasteiger partial charge in [0.1, 0.15) is 31.0 Å². The molecule has 4 N–H and O–H groups in total. The molecule has 0 aliphatic carbocycles. The minimum atomic E-state index is -1.62. The number of rotatable bonds is 36. The number of hydrogen-bond acceptors (Lipinski definition) is 10. The minimum absolute atomic E-state index is 0.0878. The Morgan fingerprint density at radius 3 is 1.37 bits per heavy atom. The normalized spacial score (nSPS) is 20.8. The lowest BCUT2D eigenvalue weighted by atomic mass is 9.99. The molecule has 10 heteroatoms. The molecule has 0 radical (unpaired) electrons. The largest absolute Gasteiger partial charge is 0.462 e. The van der Waals surface area contributed by atoms with E-state index in [0.717, 1.165) is 89.9 Å². The molecular weight excluding hydrogens is 797 g/mol.